The molecule has 5 nitrogen and oxygen atoms in total. The molecule has 86 valence electrons. The Labute approximate surface area is 97.9 Å². The number of methoxy groups -OCH3 is 1. The van der Waals surface area contributed by atoms with Crippen molar-refractivity contribution in [2.24, 2.45) is 12.8 Å². The molecule has 0 aliphatic heterocycles. The Bertz CT molecular complexity index is 491. The molecule has 0 saturated heterocycles. The zero-order valence-electron chi connectivity index (χ0n) is 9.47. The molecular formula is C10H14N4OS. The van der Waals surface area contributed by atoms with E-state index >= 15 is 0 Å². The third-order valence-corrected chi connectivity index (χ3v) is 3.21. The molecule has 0 fully saturated rings. The Morgan fingerprint density at radius 2 is 2.31 bits per heavy atom. The van der Waals surface area contributed by atoms with Crippen molar-refractivity contribution in [3.8, 4) is 5.75 Å². The van der Waals surface area contributed by atoms with E-state index in [4.69, 9.17) is 10.5 Å². The first kappa shape index (κ1) is 11.1. The summed E-state index contributed by atoms with van der Waals surface area (Å²) < 4.78 is 6.95. The van der Waals surface area contributed by atoms with Crippen molar-refractivity contribution in [2.45, 2.75) is 13.0 Å². The topological polar surface area (TPSA) is 66.0 Å². The Morgan fingerprint density at radius 3 is 2.88 bits per heavy atom. The van der Waals surface area contributed by atoms with Crippen molar-refractivity contribution in [1.82, 2.24) is 14.8 Å². The maximum Gasteiger partial charge on any atom is 0.161 e. The summed E-state index contributed by atoms with van der Waals surface area (Å²) in [6, 6.07) is -0.299. The van der Waals surface area contributed by atoms with Crippen molar-refractivity contribution in [3.63, 3.8) is 0 Å². The van der Waals surface area contributed by atoms with E-state index in [0.29, 0.717) is 5.75 Å². The molecule has 2 aromatic rings. The van der Waals surface area contributed by atoms with Crippen molar-refractivity contribution < 1.29 is 4.74 Å². The van der Waals surface area contributed by atoms with E-state index in [9.17, 15) is 0 Å². The molecule has 16 heavy (non-hydrogen) atoms. The van der Waals surface area contributed by atoms with E-state index < -0.39 is 0 Å². The summed E-state index contributed by atoms with van der Waals surface area (Å²) in [4.78, 5) is 4.38. The molecule has 0 aliphatic carbocycles. The van der Waals surface area contributed by atoms with Gasteiger partial charge in [0, 0.05) is 12.4 Å². The average molecular weight is 238 g/mol. The number of hydrogen-bond donors (Lipinski definition) is 1. The highest BCUT2D eigenvalue weighted by Gasteiger charge is 2.20. The second-order valence-corrected chi connectivity index (χ2v) is 4.55. The molecule has 0 spiro atoms. The quantitative estimate of drug-likeness (QED) is 0.873. The lowest BCUT2D eigenvalue weighted by Crippen LogP contribution is -2.17. The second kappa shape index (κ2) is 4.23. The van der Waals surface area contributed by atoms with Crippen LogP contribution in [0.2, 0.25) is 0 Å². The molecule has 0 bridgehead atoms. The molecule has 0 aromatic carbocycles. The number of rotatable bonds is 3. The fourth-order valence-corrected chi connectivity index (χ4v) is 2.25. The first-order chi connectivity index (χ1) is 7.63. The van der Waals surface area contributed by atoms with Crippen molar-refractivity contribution in [2.75, 3.05) is 7.11 Å². The van der Waals surface area contributed by atoms with Gasteiger partial charge in [0.1, 0.15) is 5.69 Å². The first-order valence-corrected chi connectivity index (χ1v) is 5.75. The lowest BCUT2D eigenvalue weighted by Gasteiger charge is -2.11. The van der Waals surface area contributed by atoms with Crippen molar-refractivity contribution >= 4 is 11.3 Å². The zero-order chi connectivity index (χ0) is 11.7. The highest BCUT2D eigenvalue weighted by atomic mass is 32.1. The molecular weight excluding hydrogens is 224 g/mol. The number of ether oxygens (including phenoxy) is 1. The Kier molecular flexibility index (Phi) is 2.93. The highest BCUT2D eigenvalue weighted by Crippen LogP contribution is 2.27. The van der Waals surface area contributed by atoms with Crippen LogP contribution in [-0.4, -0.2) is 21.9 Å². The van der Waals surface area contributed by atoms with Gasteiger partial charge in [-0.25, -0.2) is 4.98 Å². The van der Waals surface area contributed by atoms with E-state index in [1.807, 2.05) is 19.4 Å². The van der Waals surface area contributed by atoms with Gasteiger partial charge in [0.25, 0.3) is 0 Å². The van der Waals surface area contributed by atoms with Gasteiger partial charge in [-0.2, -0.15) is 5.10 Å². The van der Waals surface area contributed by atoms with Crippen LogP contribution < -0.4 is 10.5 Å². The molecule has 1 atom stereocenters. The maximum absolute atomic E-state index is 6.15. The lowest BCUT2D eigenvalue weighted by molar-refractivity contribution is 0.405. The molecule has 2 heterocycles. The van der Waals surface area contributed by atoms with Crippen LogP contribution in [0.4, 0.5) is 0 Å². The summed E-state index contributed by atoms with van der Waals surface area (Å²) in [5, 5.41) is 7.10. The smallest absolute Gasteiger partial charge is 0.161 e. The summed E-state index contributed by atoms with van der Waals surface area (Å²) in [5.41, 5.74) is 7.85. The number of thiazole rings is 1. The number of aromatic nitrogens is 3. The second-order valence-electron chi connectivity index (χ2n) is 3.49. The standard InChI is InChI=1S/C10H14N4OS/c1-6-13-7(5-16-6)9(11)10-8(15-3)4-12-14(10)2/h4-5,9H,11H2,1-3H3. The van der Waals surface area contributed by atoms with E-state index in [1.165, 1.54) is 0 Å². The fourth-order valence-electron chi connectivity index (χ4n) is 1.60. The van der Waals surface area contributed by atoms with Crippen LogP contribution in [-0.2, 0) is 7.05 Å². The monoisotopic (exact) mass is 238 g/mol. The minimum absolute atomic E-state index is 0.299. The van der Waals surface area contributed by atoms with Crippen LogP contribution >= 0.6 is 11.3 Å². The minimum Gasteiger partial charge on any atom is -0.493 e. The molecule has 0 amide bonds. The van der Waals surface area contributed by atoms with Crippen molar-refractivity contribution in [1.29, 1.82) is 0 Å². The minimum atomic E-state index is -0.299. The summed E-state index contributed by atoms with van der Waals surface area (Å²) in [7, 11) is 3.45. The largest absolute Gasteiger partial charge is 0.493 e. The summed E-state index contributed by atoms with van der Waals surface area (Å²) in [5.74, 6) is 0.695. The molecule has 2 rings (SSSR count). The number of nitrogens with zero attached hydrogens (tertiary/aromatic N) is 3. The van der Waals surface area contributed by atoms with Crippen molar-refractivity contribution in [3.05, 3.63) is 28.0 Å². The number of hydrogen-bond acceptors (Lipinski definition) is 5. The summed E-state index contributed by atoms with van der Waals surface area (Å²) in [6.45, 7) is 1.96. The van der Waals surface area contributed by atoms with Gasteiger partial charge < -0.3 is 10.5 Å². The highest BCUT2D eigenvalue weighted by molar-refractivity contribution is 7.09. The predicted octanol–water partition coefficient (Wildman–Crippen LogP) is 1.24. The lowest BCUT2D eigenvalue weighted by atomic mass is 10.1. The third kappa shape index (κ3) is 1.81. The zero-order valence-corrected chi connectivity index (χ0v) is 10.3. The molecule has 0 saturated carbocycles. The van der Waals surface area contributed by atoms with Crippen LogP contribution in [0.1, 0.15) is 22.4 Å². The van der Waals surface area contributed by atoms with Gasteiger partial charge in [0.15, 0.2) is 5.75 Å². The molecule has 0 radical (unpaired) electrons. The SMILES string of the molecule is COc1cnn(C)c1C(N)c1csc(C)n1. The fraction of sp³-hybridized carbons (Fsp3) is 0.400. The van der Waals surface area contributed by atoms with Crippen LogP contribution in [0, 0.1) is 6.92 Å². The van der Waals surface area contributed by atoms with Gasteiger partial charge in [-0.05, 0) is 6.92 Å². The van der Waals surface area contributed by atoms with Gasteiger partial charge in [-0.1, -0.05) is 0 Å². The van der Waals surface area contributed by atoms with Crippen LogP contribution in [0.25, 0.3) is 0 Å². The first-order valence-electron chi connectivity index (χ1n) is 4.87. The van der Waals surface area contributed by atoms with Crippen LogP contribution in [0.5, 0.6) is 5.75 Å². The number of aryl methyl sites for hydroxylation is 2. The Balaban J connectivity index is 2.40. The normalized spacial score (nSPS) is 12.8. The Hall–Kier alpha value is -1.40. The molecule has 2 N–H and O–H groups in total. The predicted molar refractivity (Wildman–Crippen MR) is 62.6 cm³/mol. The summed E-state index contributed by atoms with van der Waals surface area (Å²) >= 11 is 1.59. The van der Waals surface area contributed by atoms with Gasteiger partial charge >= 0.3 is 0 Å². The average Bonchev–Trinajstić information content (AvgIpc) is 2.83. The molecule has 2 aromatic heterocycles. The van der Waals surface area contributed by atoms with Gasteiger partial charge in [-0.15, -0.1) is 11.3 Å². The van der Waals surface area contributed by atoms with Crippen LogP contribution in [0.15, 0.2) is 11.6 Å². The molecule has 6 heteroatoms. The molecule has 0 aliphatic rings. The molecule has 1 unspecified atom stereocenters. The van der Waals surface area contributed by atoms with Gasteiger partial charge in [-0.3, -0.25) is 4.68 Å². The Morgan fingerprint density at radius 1 is 1.56 bits per heavy atom. The maximum atomic E-state index is 6.15. The third-order valence-electron chi connectivity index (χ3n) is 2.42. The van der Waals surface area contributed by atoms with E-state index in [2.05, 4.69) is 10.1 Å². The van der Waals surface area contributed by atoms with Crippen LogP contribution in [0.3, 0.4) is 0 Å². The number of nitrogens with two attached hydrogens (primary N) is 1. The van der Waals surface area contributed by atoms with E-state index in [1.54, 1.807) is 29.3 Å². The van der Waals surface area contributed by atoms with Gasteiger partial charge in [0.2, 0.25) is 0 Å². The van der Waals surface area contributed by atoms with E-state index in [0.717, 1.165) is 16.4 Å². The van der Waals surface area contributed by atoms with E-state index in [-0.39, 0.29) is 6.04 Å². The van der Waals surface area contributed by atoms with Gasteiger partial charge in [0.05, 0.1) is 30.1 Å². The summed E-state index contributed by atoms with van der Waals surface area (Å²) in [6.07, 6.45) is 1.66.